The second-order valence-corrected chi connectivity index (χ2v) is 3.50. The van der Waals surface area contributed by atoms with Crippen molar-refractivity contribution in [3.05, 3.63) is 53.2 Å². The van der Waals surface area contributed by atoms with Crippen LogP contribution in [0.3, 0.4) is 0 Å². The molecular weight excluding hydrogens is 212 g/mol. The summed E-state index contributed by atoms with van der Waals surface area (Å²) in [5.41, 5.74) is 1.01. The van der Waals surface area contributed by atoms with Crippen LogP contribution in [0.4, 0.5) is 0 Å². The van der Waals surface area contributed by atoms with E-state index in [4.69, 9.17) is 16.0 Å². The summed E-state index contributed by atoms with van der Waals surface area (Å²) in [6.45, 7) is 1.38. The van der Waals surface area contributed by atoms with Gasteiger partial charge in [-0.05, 0) is 35.9 Å². The Morgan fingerprint density at radius 3 is 2.80 bits per heavy atom. The van der Waals surface area contributed by atoms with Gasteiger partial charge in [0.1, 0.15) is 5.76 Å². The molecule has 2 heterocycles. The van der Waals surface area contributed by atoms with E-state index in [2.05, 4.69) is 10.3 Å². The minimum atomic E-state index is 0.421. The van der Waals surface area contributed by atoms with Gasteiger partial charge in [-0.3, -0.25) is 4.98 Å². The number of furan rings is 1. The maximum absolute atomic E-state index is 5.65. The Morgan fingerprint density at radius 1 is 1.20 bits per heavy atom. The number of hydrogen-bond donors (Lipinski definition) is 1. The van der Waals surface area contributed by atoms with Crippen LogP contribution in [0.5, 0.6) is 0 Å². The van der Waals surface area contributed by atoms with Gasteiger partial charge in [0.15, 0.2) is 5.22 Å². The first-order chi connectivity index (χ1) is 7.34. The van der Waals surface area contributed by atoms with Crippen molar-refractivity contribution in [3.8, 4) is 0 Å². The predicted molar refractivity (Wildman–Crippen MR) is 58.5 cm³/mol. The van der Waals surface area contributed by atoms with Crippen LogP contribution in [0, 0.1) is 0 Å². The standard InChI is InChI=1S/C11H11ClN2O/c12-11-5-4-10(15-11)8-13-7-9-3-1-2-6-14-9/h1-6,13H,7-8H2. The van der Waals surface area contributed by atoms with Crippen LogP contribution in [-0.2, 0) is 13.1 Å². The van der Waals surface area contributed by atoms with Crippen molar-refractivity contribution in [2.45, 2.75) is 13.1 Å². The fourth-order valence-electron chi connectivity index (χ4n) is 1.26. The summed E-state index contributed by atoms with van der Waals surface area (Å²) in [5, 5.41) is 3.64. The van der Waals surface area contributed by atoms with E-state index in [9.17, 15) is 0 Å². The van der Waals surface area contributed by atoms with E-state index >= 15 is 0 Å². The molecule has 78 valence electrons. The summed E-state index contributed by atoms with van der Waals surface area (Å²) in [6.07, 6.45) is 1.78. The first-order valence-corrected chi connectivity index (χ1v) is 5.07. The van der Waals surface area contributed by atoms with E-state index in [0.29, 0.717) is 11.8 Å². The van der Waals surface area contributed by atoms with E-state index in [1.54, 1.807) is 12.3 Å². The van der Waals surface area contributed by atoms with E-state index in [0.717, 1.165) is 18.0 Å². The highest BCUT2D eigenvalue weighted by Crippen LogP contribution is 2.12. The monoisotopic (exact) mass is 222 g/mol. The largest absolute Gasteiger partial charge is 0.448 e. The van der Waals surface area contributed by atoms with Gasteiger partial charge in [0.05, 0.1) is 12.2 Å². The quantitative estimate of drug-likeness (QED) is 0.864. The summed E-state index contributed by atoms with van der Waals surface area (Å²) < 4.78 is 5.20. The molecule has 3 nitrogen and oxygen atoms in total. The molecule has 0 radical (unpaired) electrons. The molecule has 0 aliphatic heterocycles. The van der Waals surface area contributed by atoms with E-state index in [1.165, 1.54) is 0 Å². The highest BCUT2D eigenvalue weighted by molar-refractivity contribution is 6.28. The van der Waals surface area contributed by atoms with Crippen LogP contribution < -0.4 is 5.32 Å². The molecule has 1 N–H and O–H groups in total. The fourth-order valence-corrected chi connectivity index (χ4v) is 1.43. The summed E-state index contributed by atoms with van der Waals surface area (Å²) in [5.74, 6) is 0.830. The Hall–Kier alpha value is -1.32. The minimum Gasteiger partial charge on any atom is -0.448 e. The summed E-state index contributed by atoms with van der Waals surface area (Å²) in [7, 11) is 0. The molecule has 0 saturated heterocycles. The molecule has 0 aliphatic rings. The molecular formula is C11H11ClN2O. The molecule has 0 aromatic carbocycles. The number of hydrogen-bond acceptors (Lipinski definition) is 3. The van der Waals surface area contributed by atoms with Gasteiger partial charge >= 0.3 is 0 Å². The first kappa shape index (κ1) is 10.2. The van der Waals surface area contributed by atoms with E-state index in [1.807, 2.05) is 24.3 Å². The average molecular weight is 223 g/mol. The van der Waals surface area contributed by atoms with Crippen LogP contribution in [0.2, 0.25) is 5.22 Å². The van der Waals surface area contributed by atoms with E-state index < -0.39 is 0 Å². The summed E-state index contributed by atoms with van der Waals surface area (Å²) in [4.78, 5) is 4.20. The van der Waals surface area contributed by atoms with Crippen LogP contribution >= 0.6 is 11.6 Å². The van der Waals surface area contributed by atoms with Crippen LogP contribution in [-0.4, -0.2) is 4.98 Å². The summed E-state index contributed by atoms with van der Waals surface area (Å²) >= 11 is 5.65. The van der Waals surface area contributed by atoms with Gasteiger partial charge in [-0.15, -0.1) is 0 Å². The molecule has 0 atom stereocenters. The van der Waals surface area contributed by atoms with Crippen molar-refractivity contribution >= 4 is 11.6 Å². The van der Waals surface area contributed by atoms with Crippen molar-refractivity contribution < 1.29 is 4.42 Å². The number of rotatable bonds is 4. The maximum atomic E-state index is 5.65. The van der Waals surface area contributed by atoms with Gasteiger partial charge in [-0.25, -0.2) is 0 Å². The van der Waals surface area contributed by atoms with Gasteiger partial charge in [-0.1, -0.05) is 6.07 Å². The molecule has 4 heteroatoms. The zero-order chi connectivity index (χ0) is 10.5. The van der Waals surface area contributed by atoms with Crippen molar-refractivity contribution in [1.29, 1.82) is 0 Å². The predicted octanol–water partition coefficient (Wildman–Crippen LogP) is 2.62. The Bertz CT molecular complexity index is 414. The van der Waals surface area contributed by atoms with Crippen LogP contribution in [0.25, 0.3) is 0 Å². The Kier molecular flexibility index (Phi) is 3.37. The fraction of sp³-hybridized carbons (Fsp3) is 0.182. The number of nitrogens with zero attached hydrogens (tertiary/aromatic N) is 1. The maximum Gasteiger partial charge on any atom is 0.193 e. The van der Waals surface area contributed by atoms with Gasteiger partial charge in [0.2, 0.25) is 0 Å². The second-order valence-electron chi connectivity index (χ2n) is 3.13. The molecule has 0 amide bonds. The van der Waals surface area contributed by atoms with Crippen LogP contribution in [0.1, 0.15) is 11.5 Å². The Balaban J connectivity index is 1.80. The topological polar surface area (TPSA) is 38.1 Å². The molecule has 2 aromatic heterocycles. The van der Waals surface area contributed by atoms with Gasteiger partial charge in [0.25, 0.3) is 0 Å². The molecule has 0 aliphatic carbocycles. The van der Waals surface area contributed by atoms with Gasteiger partial charge in [-0.2, -0.15) is 0 Å². The third-order valence-corrected chi connectivity index (χ3v) is 2.16. The minimum absolute atomic E-state index is 0.421. The molecule has 0 fully saturated rings. The SMILES string of the molecule is Clc1ccc(CNCc2ccccn2)o1. The Morgan fingerprint density at radius 2 is 2.13 bits per heavy atom. The average Bonchev–Trinajstić information content (AvgIpc) is 2.66. The molecule has 2 aromatic rings. The molecule has 0 spiro atoms. The molecule has 0 saturated carbocycles. The Labute approximate surface area is 93.1 Å². The summed E-state index contributed by atoms with van der Waals surface area (Å²) in [6, 6.07) is 9.43. The number of nitrogens with one attached hydrogen (secondary N) is 1. The van der Waals surface area contributed by atoms with Gasteiger partial charge in [0, 0.05) is 12.7 Å². The highest BCUT2D eigenvalue weighted by atomic mass is 35.5. The highest BCUT2D eigenvalue weighted by Gasteiger charge is 1.99. The lowest BCUT2D eigenvalue weighted by molar-refractivity contribution is 0.483. The molecule has 0 bridgehead atoms. The zero-order valence-electron chi connectivity index (χ0n) is 8.11. The van der Waals surface area contributed by atoms with Crippen molar-refractivity contribution in [2.75, 3.05) is 0 Å². The molecule has 15 heavy (non-hydrogen) atoms. The van der Waals surface area contributed by atoms with Crippen molar-refractivity contribution in [1.82, 2.24) is 10.3 Å². The lowest BCUT2D eigenvalue weighted by Crippen LogP contribution is -2.12. The van der Waals surface area contributed by atoms with E-state index in [-0.39, 0.29) is 0 Å². The van der Waals surface area contributed by atoms with Crippen molar-refractivity contribution in [3.63, 3.8) is 0 Å². The zero-order valence-corrected chi connectivity index (χ0v) is 8.87. The molecule has 2 rings (SSSR count). The third kappa shape index (κ3) is 3.08. The smallest absolute Gasteiger partial charge is 0.193 e. The molecule has 0 unspecified atom stereocenters. The number of halogens is 1. The normalized spacial score (nSPS) is 10.5. The van der Waals surface area contributed by atoms with Crippen LogP contribution in [0.15, 0.2) is 40.9 Å². The van der Waals surface area contributed by atoms with Crippen molar-refractivity contribution in [2.24, 2.45) is 0 Å². The lowest BCUT2D eigenvalue weighted by Gasteiger charge is -2.01. The number of aromatic nitrogens is 1. The second kappa shape index (κ2) is 4.96. The van der Waals surface area contributed by atoms with Gasteiger partial charge < -0.3 is 9.73 Å². The first-order valence-electron chi connectivity index (χ1n) is 4.69. The third-order valence-electron chi connectivity index (χ3n) is 1.96. The lowest BCUT2D eigenvalue weighted by atomic mass is 10.3. The number of pyridine rings is 1.